The molecule has 0 spiro atoms. The summed E-state index contributed by atoms with van der Waals surface area (Å²) in [5, 5.41) is 6.81. The third kappa shape index (κ3) is 4.68. The SMILES string of the molecule is O=C(NCCCN1CCCCCC1)c1cc(-c2ccccc2)on1. The summed E-state index contributed by atoms with van der Waals surface area (Å²) in [4.78, 5) is 14.7. The lowest BCUT2D eigenvalue weighted by Gasteiger charge is -2.19. The summed E-state index contributed by atoms with van der Waals surface area (Å²) < 4.78 is 5.27. The highest BCUT2D eigenvalue weighted by molar-refractivity contribution is 5.93. The molecule has 1 amide bonds. The molecule has 24 heavy (non-hydrogen) atoms. The Balaban J connectivity index is 1.43. The molecule has 1 aromatic heterocycles. The van der Waals surface area contributed by atoms with Crippen molar-refractivity contribution < 1.29 is 9.32 Å². The Morgan fingerprint density at radius 3 is 2.62 bits per heavy atom. The molecule has 5 nitrogen and oxygen atoms in total. The van der Waals surface area contributed by atoms with Crippen LogP contribution in [0, 0.1) is 0 Å². The van der Waals surface area contributed by atoms with Crippen molar-refractivity contribution in [1.29, 1.82) is 0 Å². The number of carbonyl (C=O) groups excluding carboxylic acids is 1. The van der Waals surface area contributed by atoms with E-state index in [1.807, 2.05) is 30.3 Å². The van der Waals surface area contributed by atoms with E-state index in [1.165, 1.54) is 38.8 Å². The van der Waals surface area contributed by atoms with E-state index in [0.717, 1.165) is 18.5 Å². The summed E-state index contributed by atoms with van der Waals surface area (Å²) in [6, 6.07) is 11.4. The second-order valence-electron chi connectivity index (χ2n) is 6.31. The molecule has 0 bridgehead atoms. The average Bonchev–Trinajstić information content (AvgIpc) is 2.97. The van der Waals surface area contributed by atoms with E-state index < -0.39 is 0 Å². The molecule has 0 radical (unpaired) electrons. The third-order valence-electron chi connectivity index (χ3n) is 4.44. The average molecular weight is 327 g/mol. The van der Waals surface area contributed by atoms with Crippen LogP contribution >= 0.6 is 0 Å². The van der Waals surface area contributed by atoms with Gasteiger partial charge in [-0.05, 0) is 38.9 Å². The predicted octanol–water partition coefficient (Wildman–Crippen LogP) is 3.34. The number of benzene rings is 1. The number of hydrogen-bond acceptors (Lipinski definition) is 4. The van der Waals surface area contributed by atoms with Crippen LogP contribution in [0.4, 0.5) is 0 Å². The summed E-state index contributed by atoms with van der Waals surface area (Å²) in [7, 11) is 0. The van der Waals surface area contributed by atoms with Gasteiger partial charge in [-0.15, -0.1) is 0 Å². The highest BCUT2D eigenvalue weighted by Crippen LogP contribution is 2.19. The maximum Gasteiger partial charge on any atom is 0.273 e. The fourth-order valence-corrected chi connectivity index (χ4v) is 3.08. The number of hydrogen-bond donors (Lipinski definition) is 1. The van der Waals surface area contributed by atoms with Gasteiger partial charge in [-0.1, -0.05) is 48.3 Å². The van der Waals surface area contributed by atoms with Crippen LogP contribution in [0.2, 0.25) is 0 Å². The zero-order chi connectivity index (χ0) is 16.6. The molecule has 1 aliphatic rings. The molecule has 5 heteroatoms. The van der Waals surface area contributed by atoms with E-state index in [2.05, 4.69) is 15.4 Å². The molecule has 0 saturated carbocycles. The maximum absolute atomic E-state index is 12.1. The van der Waals surface area contributed by atoms with E-state index in [0.29, 0.717) is 18.0 Å². The van der Waals surface area contributed by atoms with Crippen molar-refractivity contribution in [3.63, 3.8) is 0 Å². The van der Waals surface area contributed by atoms with E-state index in [-0.39, 0.29) is 5.91 Å². The lowest BCUT2D eigenvalue weighted by atomic mass is 10.1. The number of amides is 1. The smallest absolute Gasteiger partial charge is 0.273 e. The van der Waals surface area contributed by atoms with E-state index in [1.54, 1.807) is 6.07 Å². The topological polar surface area (TPSA) is 58.4 Å². The van der Waals surface area contributed by atoms with Gasteiger partial charge in [0.15, 0.2) is 11.5 Å². The molecule has 2 heterocycles. The molecule has 0 unspecified atom stereocenters. The van der Waals surface area contributed by atoms with Crippen LogP contribution < -0.4 is 5.32 Å². The molecule has 1 fully saturated rings. The van der Waals surface area contributed by atoms with Crippen molar-refractivity contribution in [2.45, 2.75) is 32.1 Å². The second kappa shape index (κ2) is 8.64. The van der Waals surface area contributed by atoms with Crippen LogP contribution in [0.1, 0.15) is 42.6 Å². The number of nitrogens with zero attached hydrogens (tertiary/aromatic N) is 2. The molecule has 0 aliphatic carbocycles. The number of rotatable bonds is 6. The van der Waals surface area contributed by atoms with E-state index in [4.69, 9.17) is 4.52 Å². The van der Waals surface area contributed by atoms with Gasteiger partial charge >= 0.3 is 0 Å². The Labute approximate surface area is 143 Å². The summed E-state index contributed by atoms with van der Waals surface area (Å²) in [5.74, 6) is 0.446. The molecule has 128 valence electrons. The molecule has 1 N–H and O–H groups in total. The van der Waals surface area contributed by atoms with Crippen LogP contribution in [0.5, 0.6) is 0 Å². The van der Waals surface area contributed by atoms with Crippen molar-refractivity contribution in [2.75, 3.05) is 26.2 Å². The van der Waals surface area contributed by atoms with Gasteiger partial charge in [-0.2, -0.15) is 0 Å². The first kappa shape index (κ1) is 16.7. The maximum atomic E-state index is 12.1. The molecule has 1 aromatic carbocycles. The molecule has 1 aliphatic heterocycles. The van der Waals surface area contributed by atoms with Gasteiger partial charge in [0.05, 0.1) is 0 Å². The molecular weight excluding hydrogens is 302 g/mol. The quantitative estimate of drug-likeness (QED) is 0.827. The predicted molar refractivity (Wildman–Crippen MR) is 93.8 cm³/mol. The lowest BCUT2D eigenvalue weighted by Crippen LogP contribution is -2.30. The van der Waals surface area contributed by atoms with Gasteiger partial charge in [0.2, 0.25) is 0 Å². The van der Waals surface area contributed by atoms with Crippen LogP contribution in [0.3, 0.4) is 0 Å². The van der Waals surface area contributed by atoms with Gasteiger partial charge in [-0.25, -0.2) is 0 Å². The number of nitrogens with one attached hydrogen (secondary N) is 1. The largest absolute Gasteiger partial charge is 0.355 e. The molecule has 0 atom stereocenters. The fourth-order valence-electron chi connectivity index (χ4n) is 3.08. The standard InChI is InChI=1S/C19H25N3O2/c23-19(20-11-8-14-22-12-6-1-2-7-13-22)17-15-18(24-21-17)16-9-4-3-5-10-16/h3-5,9-10,15H,1-2,6-8,11-14H2,(H,20,23). The van der Waals surface area contributed by atoms with Gasteiger partial charge in [0.1, 0.15) is 0 Å². The monoisotopic (exact) mass is 327 g/mol. The minimum absolute atomic E-state index is 0.170. The molecular formula is C19H25N3O2. The van der Waals surface area contributed by atoms with Crippen molar-refractivity contribution in [3.8, 4) is 11.3 Å². The van der Waals surface area contributed by atoms with Crippen molar-refractivity contribution in [2.24, 2.45) is 0 Å². The minimum Gasteiger partial charge on any atom is -0.355 e. The Bertz CT molecular complexity index is 631. The minimum atomic E-state index is -0.170. The summed E-state index contributed by atoms with van der Waals surface area (Å²) >= 11 is 0. The van der Waals surface area contributed by atoms with Crippen molar-refractivity contribution in [1.82, 2.24) is 15.4 Å². The highest BCUT2D eigenvalue weighted by Gasteiger charge is 2.13. The molecule has 1 saturated heterocycles. The normalized spacial score (nSPS) is 15.8. The van der Waals surface area contributed by atoms with Gasteiger partial charge in [-0.3, -0.25) is 4.79 Å². The number of aromatic nitrogens is 1. The Morgan fingerprint density at radius 1 is 1.12 bits per heavy atom. The lowest BCUT2D eigenvalue weighted by molar-refractivity contribution is 0.0942. The van der Waals surface area contributed by atoms with Gasteiger partial charge < -0.3 is 14.7 Å². The Morgan fingerprint density at radius 2 is 1.88 bits per heavy atom. The van der Waals surface area contributed by atoms with Crippen LogP contribution in [0.15, 0.2) is 40.9 Å². The summed E-state index contributed by atoms with van der Waals surface area (Å²) in [6.07, 6.45) is 6.27. The van der Waals surface area contributed by atoms with Gasteiger partial charge in [0.25, 0.3) is 5.91 Å². The Kier molecular flexibility index (Phi) is 6.01. The first-order valence-corrected chi connectivity index (χ1v) is 8.85. The number of likely N-dealkylation sites (tertiary alicyclic amines) is 1. The first-order valence-electron chi connectivity index (χ1n) is 8.85. The number of carbonyl (C=O) groups is 1. The highest BCUT2D eigenvalue weighted by atomic mass is 16.5. The zero-order valence-corrected chi connectivity index (χ0v) is 14.0. The Hall–Kier alpha value is -2.14. The van der Waals surface area contributed by atoms with Gasteiger partial charge in [0, 0.05) is 18.2 Å². The van der Waals surface area contributed by atoms with Crippen molar-refractivity contribution in [3.05, 3.63) is 42.1 Å². The van der Waals surface area contributed by atoms with E-state index >= 15 is 0 Å². The third-order valence-corrected chi connectivity index (χ3v) is 4.44. The van der Waals surface area contributed by atoms with Crippen LogP contribution in [0.25, 0.3) is 11.3 Å². The second-order valence-corrected chi connectivity index (χ2v) is 6.31. The first-order chi connectivity index (χ1) is 11.8. The summed E-state index contributed by atoms with van der Waals surface area (Å²) in [6.45, 7) is 4.10. The van der Waals surface area contributed by atoms with Crippen molar-refractivity contribution >= 4 is 5.91 Å². The fraction of sp³-hybridized carbons (Fsp3) is 0.474. The summed E-state index contributed by atoms with van der Waals surface area (Å²) in [5.41, 5.74) is 1.26. The van der Waals surface area contributed by atoms with E-state index in [9.17, 15) is 4.79 Å². The molecule has 3 rings (SSSR count). The molecule has 2 aromatic rings. The zero-order valence-electron chi connectivity index (χ0n) is 14.0. The van der Waals surface area contributed by atoms with Crippen LogP contribution in [-0.4, -0.2) is 42.1 Å². The van der Waals surface area contributed by atoms with Crippen LogP contribution in [-0.2, 0) is 0 Å².